The summed E-state index contributed by atoms with van der Waals surface area (Å²) in [5.41, 5.74) is 2.07. The van der Waals surface area contributed by atoms with Gasteiger partial charge in [-0.1, -0.05) is 6.92 Å². The van der Waals surface area contributed by atoms with Gasteiger partial charge in [-0.2, -0.15) is 0 Å². The van der Waals surface area contributed by atoms with Gasteiger partial charge in [-0.15, -0.1) is 0 Å². The number of benzene rings is 1. The molecule has 1 fully saturated rings. The largest absolute Gasteiger partial charge is 0.379 e. The zero-order valence-electron chi connectivity index (χ0n) is 13.4. The van der Waals surface area contributed by atoms with Gasteiger partial charge in [-0.3, -0.25) is 0 Å². The van der Waals surface area contributed by atoms with Crippen molar-refractivity contribution in [2.24, 2.45) is 5.92 Å². The van der Waals surface area contributed by atoms with Crippen molar-refractivity contribution >= 4 is 5.69 Å². The molecule has 0 saturated heterocycles. The molecule has 1 aliphatic carbocycles. The van der Waals surface area contributed by atoms with E-state index in [0.29, 0.717) is 0 Å². The third-order valence-electron chi connectivity index (χ3n) is 4.00. The first-order chi connectivity index (χ1) is 10.1. The predicted molar refractivity (Wildman–Crippen MR) is 85.3 cm³/mol. The maximum Gasteiger partial charge on any atom is 0.123 e. The molecule has 0 radical (unpaired) electrons. The topological polar surface area (TPSA) is 24.5 Å². The van der Waals surface area contributed by atoms with Crippen molar-refractivity contribution in [1.82, 2.24) is 5.32 Å². The monoisotopic (exact) mass is 294 g/mol. The minimum Gasteiger partial charge on any atom is -0.379 e. The summed E-state index contributed by atoms with van der Waals surface area (Å²) in [6.07, 6.45) is 2.64. The smallest absolute Gasteiger partial charge is 0.123 e. The molecule has 1 aromatic rings. The first kappa shape index (κ1) is 16.2. The summed E-state index contributed by atoms with van der Waals surface area (Å²) >= 11 is 0. The Bertz CT molecular complexity index is 448. The summed E-state index contributed by atoms with van der Waals surface area (Å²) in [5, 5.41) is 3.35. The second-order valence-electron chi connectivity index (χ2n) is 5.92. The minimum absolute atomic E-state index is 0.135. The molecule has 21 heavy (non-hydrogen) atoms. The fourth-order valence-corrected chi connectivity index (χ4v) is 2.49. The van der Waals surface area contributed by atoms with Crippen LogP contribution >= 0.6 is 0 Å². The molecular weight excluding hydrogens is 267 g/mol. The number of likely N-dealkylation sites (N-methyl/N-ethyl adjacent to an activating group) is 1. The van der Waals surface area contributed by atoms with Crippen LogP contribution < -0.4 is 10.2 Å². The fourth-order valence-electron chi connectivity index (χ4n) is 2.49. The van der Waals surface area contributed by atoms with Crippen LogP contribution in [0.1, 0.15) is 38.3 Å². The zero-order chi connectivity index (χ0) is 15.2. The maximum atomic E-state index is 13.5. The van der Waals surface area contributed by atoms with E-state index in [-0.39, 0.29) is 11.9 Å². The van der Waals surface area contributed by atoms with E-state index in [0.717, 1.165) is 43.5 Å². The Kier molecular flexibility index (Phi) is 6.00. The van der Waals surface area contributed by atoms with Crippen molar-refractivity contribution in [1.29, 1.82) is 0 Å². The second-order valence-corrected chi connectivity index (χ2v) is 5.92. The Morgan fingerprint density at radius 3 is 2.86 bits per heavy atom. The van der Waals surface area contributed by atoms with E-state index in [1.54, 1.807) is 6.07 Å². The molecule has 118 valence electrons. The van der Waals surface area contributed by atoms with E-state index >= 15 is 0 Å². The molecule has 2 rings (SSSR count). The number of rotatable bonds is 9. The standard InChI is InChI=1S/C17H27FN2O/c1-4-19-13(2)16-11-15(18)7-8-17(16)20(3)9-10-21-12-14-5-6-14/h7-8,11,13-14,19H,4-6,9-10,12H2,1-3H3. The van der Waals surface area contributed by atoms with Gasteiger partial charge in [0.1, 0.15) is 5.82 Å². The molecule has 0 aliphatic heterocycles. The summed E-state index contributed by atoms with van der Waals surface area (Å²) in [7, 11) is 2.04. The SMILES string of the molecule is CCNC(C)c1cc(F)ccc1N(C)CCOCC1CC1. The van der Waals surface area contributed by atoms with Crippen molar-refractivity contribution in [2.45, 2.75) is 32.7 Å². The Labute approximate surface area is 127 Å². The number of nitrogens with zero attached hydrogens (tertiary/aromatic N) is 1. The van der Waals surface area contributed by atoms with Gasteiger partial charge < -0.3 is 15.0 Å². The highest BCUT2D eigenvalue weighted by molar-refractivity contribution is 5.54. The number of anilines is 1. The molecule has 1 saturated carbocycles. The van der Waals surface area contributed by atoms with Crippen LogP contribution in [0.5, 0.6) is 0 Å². The molecule has 4 heteroatoms. The summed E-state index contributed by atoms with van der Waals surface area (Å²) in [6.45, 7) is 7.43. The molecule has 3 nitrogen and oxygen atoms in total. The average molecular weight is 294 g/mol. The van der Waals surface area contributed by atoms with E-state index in [1.165, 1.54) is 18.9 Å². The van der Waals surface area contributed by atoms with Gasteiger partial charge in [0.25, 0.3) is 0 Å². The Balaban J connectivity index is 1.95. The number of nitrogens with one attached hydrogen (secondary N) is 1. The molecule has 0 bridgehead atoms. The third-order valence-corrected chi connectivity index (χ3v) is 4.00. The molecular formula is C17H27FN2O. The van der Waals surface area contributed by atoms with Crippen LogP contribution in [0.15, 0.2) is 18.2 Å². The van der Waals surface area contributed by atoms with E-state index in [9.17, 15) is 4.39 Å². The number of hydrogen-bond donors (Lipinski definition) is 1. The zero-order valence-corrected chi connectivity index (χ0v) is 13.4. The molecule has 1 aliphatic rings. The van der Waals surface area contributed by atoms with Gasteiger partial charge in [0.15, 0.2) is 0 Å². The van der Waals surface area contributed by atoms with Gasteiger partial charge in [-0.25, -0.2) is 4.39 Å². The van der Waals surface area contributed by atoms with Gasteiger partial charge in [0, 0.05) is 31.9 Å². The predicted octanol–water partition coefficient (Wildman–Crippen LogP) is 3.36. The molecule has 1 unspecified atom stereocenters. The molecule has 1 N–H and O–H groups in total. The molecule has 1 atom stereocenters. The van der Waals surface area contributed by atoms with Gasteiger partial charge in [0.05, 0.1) is 6.61 Å². The highest BCUT2D eigenvalue weighted by atomic mass is 19.1. The van der Waals surface area contributed by atoms with Crippen LogP contribution in [0.25, 0.3) is 0 Å². The lowest BCUT2D eigenvalue weighted by Crippen LogP contribution is -2.26. The van der Waals surface area contributed by atoms with Gasteiger partial charge in [-0.05, 0) is 56.0 Å². The number of ether oxygens (including phenoxy) is 1. The fraction of sp³-hybridized carbons (Fsp3) is 0.647. The highest BCUT2D eigenvalue weighted by Gasteiger charge is 2.21. The quantitative estimate of drug-likeness (QED) is 0.707. The lowest BCUT2D eigenvalue weighted by Gasteiger charge is -2.25. The molecule has 0 amide bonds. The van der Waals surface area contributed by atoms with E-state index in [2.05, 4.69) is 24.1 Å². The normalized spacial score (nSPS) is 16.0. The summed E-state index contributed by atoms with van der Waals surface area (Å²) in [6, 6.07) is 5.15. The average Bonchev–Trinajstić information content (AvgIpc) is 3.27. The number of halogens is 1. The van der Waals surface area contributed by atoms with Crippen LogP contribution in [0.4, 0.5) is 10.1 Å². The van der Waals surface area contributed by atoms with Crippen molar-refractivity contribution in [2.75, 3.05) is 38.3 Å². The van der Waals surface area contributed by atoms with Crippen molar-refractivity contribution < 1.29 is 9.13 Å². The summed E-state index contributed by atoms with van der Waals surface area (Å²) < 4.78 is 19.2. The van der Waals surface area contributed by atoms with Crippen molar-refractivity contribution in [3.8, 4) is 0 Å². The van der Waals surface area contributed by atoms with Crippen LogP contribution in [0.2, 0.25) is 0 Å². The third kappa shape index (κ3) is 4.97. The van der Waals surface area contributed by atoms with Crippen molar-refractivity contribution in [3.05, 3.63) is 29.6 Å². The first-order valence-electron chi connectivity index (χ1n) is 7.93. The van der Waals surface area contributed by atoms with Crippen LogP contribution in [-0.2, 0) is 4.74 Å². The lowest BCUT2D eigenvalue weighted by atomic mass is 10.0. The molecule has 1 aromatic carbocycles. The van der Waals surface area contributed by atoms with E-state index in [1.807, 2.05) is 13.1 Å². The van der Waals surface area contributed by atoms with Crippen molar-refractivity contribution in [3.63, 3.8) is 0 Å². The van der Waals surface area contributed by atoms with E-state index < -0.39 is 0 Å². The lowest BCUT2D eigenvalue weighted by molar-refractivity contribution is 0.131. The first-order valence-corrected chi connectivity index (χ1v) is 7.93. The van der Waals surface area contributed by atoms with Crippen LogP contribution in [0, 0.1) is 11.7 Å². The molecule has 0 heterocycles. The summed E-state index contributed by atoms with van der Waals surface area (Å²) in [4.78, 5) is 2.15. The van der Waals surface area contributed by atoms with Gasteiger partial charge in [0.2, 0.25) is 0 Å². The minimum atomic E-state index is -0.183. The molecule has 0 spiro atoms. The number of hydrogen-bond acceptors (Lipinski definition) is 3. The maximum absolute atomic E-state index is 13.5. The Morgan fingerprint density at radius 2 is 2.19 bits per heavy atom. The Hall–Kier alpha value is -1.13. The van der Waals surface area contributed by atoms with Crippen LogP contribution in [-0.4, -0.2) is 33.4 Å². The second kappa shape index (κ2) is 7.76. The Morgan fingerprint density at radius 1 is 1.43 bits per heavy atom. The summed E-state index contributed by atoms with van der Waals surface area (Å²) in [5.74, 6) is 0.613. The van der Waals surface area contributed by atoms with E-state index in [4.69, 9.17) is 4.74 Å². The van der Waals surface area contributed by atoms with Gasteiger partial charge >= 0.3 is 0 Å². The van der Waals surface area contributed by atoms with Crippen LogP contribution in [0.3, 0.4) is 0 Å². The highest BCUT2D eigenvalue weighted by Crippen LogP contribution is 2.29. The molecule has 0 aromatic heterocycles.